The summed E-state index contributed by atoms with van der Waals surface area (Å²) in [6.45, 7) is 0. The zero-order chi connectivity index (χ0) is 21.8. The Labute approximate surface area is 203 Å². The first-order valence-corrected chi connectivity index (χ1v) is 11.6. The Morgan fingerprint density at radius 2 is 0.844 bits per heavy atom. The van der Waals surface area contributed by atoms with Gasteiger partial charge in [-0.2, -0.15) is 0 Å². The lowest BCUT2D eigenvalue weighted by Crippen LogP contribution is -2.03. The Bertz CT molecular complexity index is 1300. The standard InChI is InChI=1S/C30H22IN/c31-32(28-19-16-25(17-20-28)23-10-4-1-5-11-23)30-21-18-27(24-12-6-2-7-13-24)22-29(30)26-14-8-3-9-15-26/h1-22H. The average Bonchev–Trinajstić information content (AvgIpc) is 2.89. The summed E-state index contributed by atoms with van der Waals surface area (Å²) in [5, 5.41) is 0. The van der Waals surface area contributed by atoms with Crippen LogP contribution in [0.5, 0.6) is 0 Å². The first-order chi connectivity index (χ1) is 15.8. The Kier molecular flexibility index (Phi) is 6.04. The van der Waals surface area contributed by atoms with Crippen molar-refractivity contribution < 1.29 is 0 Å². The first-order valence-electron chi connectivity index (χ1n) is 10.7. The summed E-state index contributed by atoms with van der Waals surface area (Å²) in [4.78, 5) is 0. The van der Waals surface area contributed by atoms with E-state index in [1.54, 1.807) is 0 Å². The van der Waals surface area contributed by atoms with Crippen LogP contribution in [-0.2, 0) is 0 Å². The number of nitrogens with zero attached hydrogens (tertiary/aromatic N) is 1. The van der Waals surface area contributed by atoms with Crippen molar-refractivity contribution in [1.82, 2.24) is 0 Å². The van der Waals surface area contributed by atoms with E-state index in [2.05, 4.69) is 159 Å². The van der Waals surface area contributed by atoms with Gasteiger partial charge in [-0.15, -0.1) is 0 Å². The van der Waals surface area contributed by atoms with Crippen LogP contribution in [-0.4, -0.2) is 0 Å². The van der Waals surface area contributed by atoms with Gasteiger partial charge in [-0.05, 0) is 52.1 Å². The highest BCUT2D eigenvalue weighted by molar-refractivity contribution is 14.1. The molecule has 154 valence electrons. The first kappa shape index (κ1) is 20.5. The molecule has 0 heterocycles. The molecule has 1 nitrogen and oxygen atoms in total. The second-order valence-electron chi connectivity index (χ2n) is 7.66. The van der Waals surface area contributed by atoms with Gasteiger partial charge in [-0.3, -0.25) is 3.11 Å². The highest BCUT2D eigenvalue weighted by Crippen LogP contribution is 2.40. The minimum absolute atomic E-state index is 1.15. The molecule has 5 rings (SSSR count). The fourth-order valence-electron chi connectivity index (χ4n) is 3.92. The highest BCUT2D eigenvalue weighted by Gasteiger charge is 2.14. The molecule has 0 N–H and O–H groups in total. The van der Waals surface area contributed by atoms with Gasteiger partial charge in [0.15, 0.2) is 0 Å². The summed E-state index contributed by atoms with van der Waals surface area (Å²) in [5.74, 6) is 0. The van der Waals surface area contributed by atoms with Crippen molar-refractivity contribution >= 4 is 34.2 Å². The molecule has 0 fully saturated rings. The largest absolute Gasteiger partial charge is 0.282 e. The third kappa shape index (κ3) is 4.32. The summed E-state index contributed by atoms with van der Waals surface area (Å²) < 4.78 is 2.24. The van der Waals surface area contributed by atoms with Crippen LogP contribution in [0.2, 0.25) is 0 Å². The van der Waals surface area contributed by atoms with Crippen LogP contribution in [0.15, 0.2) is 133 Å². The molecule has 0 aliphatic carbocycles. The maximum atomic E-state index is 2.41. The van der Waals surface area contributed by atoms with E-state index in [0.717, 1.165) is 5.69 Å². The Balaban J connectivity index is 1.55. The summed E-state index contributed by atoms with van der Waals surface area (Å²) >= 11 is 2.41. The number of anilines is 2. The molecular weight excluding hydrogens is 501 g/mol. The minimum Gasteiger partial charge on any atom is -0.282 e. The summed E-state index contributed by atoms with van der Waals surface area (Å²) in [6.07, 6.45) is 0. The van der Waals surface area contributed by atoms with Gasteiger partial charge in [0.05, 0.1) is 34.2 Å². The van der Waals surface area contributed by atoms with Crippen molar-refractivity contribution in [2.24, 2.45) is 0 Å². The van der Waals surface area contributed by atoms with E-state index in [1.165, 1.54) is 39.1 Å². The topological polar surface area (TPSA) is 3.24 Å². The van der Waals surface area contributed by atoms with E-state index >= 15 is 0 Å². The Morgan fingerprint density at radius 1 is 0.406 bits per heavy atom. The van der Waals surface area contributed by atoms with E-state index < -0.39 is 0 Å². The molecule has 0 radical (unpaired) electrons. The fourth-order valence-corrected chi connectivity index (χ4v) is 4.66. The predicted molar refractivity (Wildman–Crippen MR) is 145 cm³/mol. The maximum Gasteiger partial charge on any atom is 0.0646 e. The van der Waals surface area contributed by atoms with Crippen molar-refractivity contribution in [3.63, 3.8) is 0 Å². The lowest BCUT2D eigenvalue weighted by Gasteiger charge is -2.22. The summed E-state index contributed by atoms with van der Waals surface area (Å²) in [6, 6.07) is 47.2. The molecule has 5 aromatic rings. The molecule has 0 aromatic heterocycles. The Morgan fingerprint density at radius 3 is 1.41 bits per heavy atom. The molecule has 0 saturated carbocycles. The van der Waals surface area contributed by atoms with Crippen LogP contribution < -0.4 is 3.11 Å². The third-order valence-corrected chi connectivity index (χ3v) is 6.68. The van der Waals surface area contributed by atoms with Gasteiger partial charge in [0.2, 0.25) is 0 Å². The monoisotopic (exact) mass is 523 g/mol. The van der Waals surface area contributed by atoms with Crippen molar-refractivity contribution in [2.45, 2.75) is 0 Å². The van der Waals surface area contributed by atoms with Gasteiger partial charge in [0.1, 0.15) is 0 Å². The molecule has 0 spiro atoms. The third-order valence-electron chi connectivity index (χ3n) is 5.60. The lowest BCUT2D eigenvalue weighted by atomic mass is 9.97. The van der Waals surface area contributed by atoms with Crippen molar-refractivity contribution in [3.05, 3.63) is 133 Å². The van der Waals surface area contributed by atoms with E-state index in [1.807, 2.05) is 0 Å². The van der Waals surface area contributed by atoms with E-state index in [4.69, 9.17) is 0 Å². The molecule has 32 heavy (non-hydrogen) atoms. The summed E-state index contributed by atoms with van der Waals surface area (Å²) in [5.41, 5.74) is 9.65. The Hall–Kier alpha value is -3.37. The number of hydrogen-bond donors (Lipinski definition) is 0. The van der Waals surface area contributed by atoms with Crippen LogP contribution in [0, 0.1) is 0 Å². The molecule has 0 unspecified atom stereocenters. The molecule has 0 aliphatic heterocycles. The van der Waals surface area contributed by atoms with Gasteiger partial charge in [-0.25, -0.2) is 0 Å². The van der Waals surface area contributed by atoms with Crippen molar-refractivity contribution in [2.75, 3.05) is 3.11 Å². The van der Waals surface area contributed by atoms with Gasteiger partial charge < -0.3 is 0 Å². The number of rotatable bonds is 5. The fraction of sp³-hybridized carbons (Fsp3) is 0. The predicted octanol–water partition coefficient (Wildman–Crippen LogP) is 9.18. The molecule has 0 aliphatic rings. The average molecular weight is 523 g/mol. The van der Waals surface area contributed by atoms with E-state index in [-0.39, 0.29) is 0 Å². The van der Waals surface area contributed by atoms with Gasteiger partial charge in [0, 0.05) is 5.56 Å². The maximum absolute atomic E-state index is 2.41. The molecule has 2 heteroatoms. The van der Waals surface area contributed by atoms with Crippen LogP contribution in [0.1, 0.15) is 0 Å². The second-order valence-corrected chi connectivity index (χ2v) is 8.62. The van der Waals surface area contributed by atoms with Crippen LogP contribution >= 0.6 is 22.9 Å². The van der Waals surface area contributed by atoms with Crippen LogP contribution in [0.4, 0.5) is 11.4 Å². The van der Waals surface area contributed by atoms with E-state index in [0.29, 0.717) is 0 Å². The molecule has 0 bridgehead atoms. The quantitative estimate of drug-likeness (QED) is 0.164. The molecule has 0 amide bonds. The van der Waals surface area contributed by atoms with Gasteiger partial charge >= 0.3 is 0 Å². The zero-order valence-electron chi connectivity index (χ0n) is 17.5. The van der Waals surface area contributed by atoms with Gasteiger partial charge in [0.25, 0.3) is 0 Å². The second kappa shape index (κ2) is 9.41. The minimum atomic E-state index is 1.15. The number of hydrogen-bond acceptors (Lipinski definition) is 1. The normalized spacial score (nSPS) is 10.7. The molecule has 5 aromatic carbocycles. The molecular formula is C30H22IN. The number of benzene rings is 5. The van der Waals surface area contributed by atoms with Crippen LogP contribution in [0.25, 0.3) is 33.4 Å². The van der Waals surface area contributed by atoms with Crippen LogP contribution in [0.3, 0.4) is 0 Å². The zero-order valence-corrected chi connectivity index (χ0v) is 19.7. The number of halogens is 1. The van der Waals surface area contributed by atoms with Crippen molar-refractivity contribution in [1.29, 1.82) is 0 Å². The SMILES string of the molecule is IN(c1ccc(-c2ccccc2)cc1)c1ccc(-c2ccccc2)cc1-c1ccccc1. The van der Waals surface area contributed by atoms with Gasteiger partial charge in [-0.1, -0.05) is 109 Å². The van der Waals surface area contributed by atoms with Crippen molar-refractivity contribution in [3.8, 4) is 33.4 Å². The smallest absolute Gasteiger partial charge is 0.0646 e. The lowest BCUT2D eigenvalue weighted by molar-refractivity contribution is 1.46. The summed E-state index contributed by atoms with van der Waals surface area (Å²) in [7, 11) is 0. The molecule has 0 atom stereocenters. The molecule has 0 saturated heterocycles. The van der Waals surface area contributed by atoms with E-state index in [9.17, 15) is 0 Å². The highest BCUT2D eigenvalue weighted by atomic mass is 127.